The zero-order valence-electron chi connectivity index (χ0n) is 15.2. The smallest absolute Gasteiger partial charge is 0.264 e. The van der Waals surface area contributed by atoms with Gasteiger partial charge in [-0.25, -0.2) is 23.1 Å². The Morgan fingerprint density at radius 2 is 1.75 bits per heavy atom. The molecule has 0 saturated heterocycles. The van der Waals surface area contributed by atoms with Crippen molar-refractivity contribution in [1.82, 2.24) is 9.97 Å². The van der Waals surface area contributed by atoms with E-state index >= 15 is 0 Å². The molecule has 2 heterocycles. The number of hydrogen-bond donors (Lipinski definition) is 2. The topological polar surface area (TPSA) is 101 Å². The summed E-state index contributed by atoms with van der Waals surface area (Å²) in [4.78, 5) is 20.8. The Balaban J connectivity index is 1.66. The maximum absolute atomic E-state index is 12.5. The number of allylic oxidation sites excluding steroid dienone is 1. The van der Waals surface area contributed by atoms with Crippen LogP contribution < -0.4 is 10.0 Å². The Kier molecular flexibility index (Phi) is 5.86. The third-order valence-corrected chi connectivity index (χ3v) is 5.85. The predicted octanol–water partition coefficient (Wildman–Crippen LogP) is 3.76. The molecule has 0 saturated carbocycles. The lowest BCUT2D eigenvalue weighted by molar-refractivity contribution is 0.105. The molecule has 0 amide bonds. The summed E-state index contributed by atoms with van der Waals surface area (Å²) in [6, 6.07) is 11.5. The molecule has 0 spiro atoms. The van der Waals surface area contributed by atoms with Gasteiger partial charge >= 0.3 is 0 Å². The third-order valence-electron chi connectivity index (χ3n) is 3.62. The fourth-order valence-corrected chi connectivity index (χ4v) is 3.98. The van der Waals surface area contributed by atoms with E-state index in [1.807, 2.05) is 11.4 Å². The molecule has 0 aliphatic heterocycles. The van der Waals surface area contributed by atoms with Gasteiger partial charge in [-0.1, -0.05) is 6.07 Å². The van der Waals surface area contributed by atoms with Crippen LogP contribution >= 0.6 is 11.3 Å². The minimum Gasteiger partial charge on any atom is -0.362 e. The van der Waals surface area contributed by atoms with E-state index in [9.17, 15) is 13.2 Å². The van der Waals surface area contributed by atoms with Crippen LogP contribution in [0.25, 0.3) is 0 Å². The second kappa shape index (κ2) is 8.32. The number of sulfonamides is 1. The predicted molar refractivity (Wildman–Crippen MR) is 110 cm³/mol. The van der Waals surface area contributed by atoms with Gasteiger partial charge in [0, 0.05) is 29.4 Å². The highest BCUT2D eigenvalue weighted by atomic mass is 32.2. The van der Waals surface area contributed by atoms with Crippen LogP contribution in [0.15, 0.2) is 65.0 Å². The van der Waals surface area contributed by atoms with Gasteiger partial charge in [-0.05, 0) is 55.6 Å². The first-order chi connectivity index (χ1) is 13.3. The highest BCUT2D eigenvalue weighted by Gasteiger charge is 2.16. The third kappa shape index (κ3) is 5.02. The average Bonchev–Trinajstić information content (AvgIpc) is 3.15. The largest absolute Gasteiger partial charge is 0.362 e. The number of aromatic nitrogens is 2. The van der Waals surface area contributed by atoms with Crippen molar-refractivity contribution in [1.29, 1.82) is 0 Å². The molecular weight excluding hydrogens is 396 g/mol. The molecule has 3 rings (SSSR count). The SMILES string of the molecule is Cc1cc(C)nc(NS(=O)(=O)c2ccc(N/C=C/C(=O)c3cccs3)cc2)n1. The monoisotopic (exact) mass is 414 g/mol. The van der Waals surface area contributed by atoms with Gasteiger partial charge in [-0.15, -0.1) is 11.3 Å². The van der Waals surface area contributed by atoms with Gasteiger partial charge in [0.1, 0.15) is 0 Å². The first-order valence-electron chi connectivity index (χ1n) is 8.29. The highest BCUT2D eigenvalue weighted by molar-refractivity contribution is 7.92. The Labute approximate surface area is 167 Å². The number of carbonyl (C=O) groups is 1. The van der Waals surface area contributed by atoms with E-state index in [2.05, 4.69) is 20.0 Å². The van der Waals surface area contributed by atoms with Crippen molar-refractivity contribution in [3.63, 3.8) is 0 Å². The molecule has 0 atom stereocenters. The number of aryl methyl sites for hydroxylation is 2. The second-order valence-corrected chi connectivity index (χ2v) is 8.55. The molecule has 144 valence electrons. The van der Waals surface area contributed by atoms with Crippen LogP contribution in [-0.2, 0) is 10.0 Å². The van der Waals surface area contributed by atoms with Crippen LogP contribution in [0.3, 0.4) is 0 Å². The summed E-state index contributed by atoms with van der Waals surface area (Å²) >= 11 is 1.37. The van der Waals surface area contributed by atoms with Gasteiger partial charge in [0.15, 0.2) is 5.78 Å². The van der Waals surface area contributed by atoms with Crippen molar-refractivity contribution in [2.24, 2.45) is 0 Å². The van der Waals surface area contributed by atoms with E-state index in [4.69, 9.17) is 0 Å². The number of rotatable bonds is 7. The van der Waals surface area contributed by atoms with E-state index in [-0.39, 0.29) is 16.6 Å². The Morgan fingerprint density at radius 3 is 2.36 bits per heavy atom. The molecule has 0 unspecified atom stereocenters. The van der Waals surface area contributed by atoms with E-state index in [1.165, 1.54) is 35.7 Å². The number of carbonyl (C=O) groups excluding carboxylic acids is 1. The lowest BCUT2D eigenvalue weighted by Crippen LogP contribution is -2.15. The van der Waals surface area contributed by atoms with Crippen LogP contribution in [0.2, 0.25) is 0 Å². The fourth-order valence-electron chi connectivity index (χ4n) is 2.40. The first-order valence-corrected chi connectivity index (χ1v) is 10.7. The maximum atomic E-state index is 12.5. The zero-order valence-corrected chi connectivity index (χ0v) is 16.8. The van der Waals surface area contributed by atoms with Crippen LogP contribution in [0.5, 0.6) is 0 Å². The molecule has 0 radical (unpaired) electrons. The molecule has 9 heteroatoms. The summed E-state index contributed by atoms with van der Waals surface area (Å²) in [5.74, 6) is -0.0610. The number of ketones is 1. The van der Waals surface area contributed by atoms with Gasteiger partial charge in [0.25, 0.3) is 10.0 Å². The van der Waals surface area contributed by atoms with Crippen molar-refractivity contribution in [2.45, 2.75) is 18.7 Å². The van der Waals surface area contributed by atoms with Crippen molar-refractivity contribution in [3.8, 4) is 0 Å². The summed E-state index contributed by atoms with van der Waals surface area (Å²) in [5.41, 5.74) is 2.00. The summed E-state index contributed by atoms with van der Waals surface area (Å²) in [6.07, 6.45) is 2.95. The molecule has 0 fully saturated rings. The van der Waals surface area contributed by atoms with Crippen molar-refractivity contribution >= 4 is 38.8 Å². The molecule has 0 aliphatic rings. The van der Waals surface area contributed by atoms with E-state index < -0.39 is 10.0 Å². The van der Waals surface area contributed by atoms with E-state index in [1.54, 1.807) is 38.1 Å². The molecule has 2 aromatic heterocycles. The molecule has 7 nitrogen and oxygen atoms in total. The number of anilines is 2. The quantitative estimate of drug-likeness (QED) is 0.451. The summed E-state index contributed by atoms with van der Waals surface area (Å²) < 4.78 is 27.4. The molecule has 3 aromatic rings. The molecular formula is C19H18N4O3S2. The number of hydrogen-bond acceptors (Lipinski definition) is 7. The molecule has 2 N–H and O–H groups in total. The molecule has 28 heavy (non-hydrogen) atoms. The summed E-state index contributed by atoms with van der Waals surface area (Å²) in [7, 11) is -3.80. The fraction of sp³-hybridized carbons (Fsp3) is 0.105. The lowest BCUT2D eigenvalue weighted by Gasteiger charge is -2.08. The summed E-state index contributed by atoms with van der Waals surface area (Å²) in [5, 5.41) is 4.78. The van der Waals surface area contributed by atoms with Crippen molar-refractivity contribution in [3.05, 3.63) is 76.4 Å². The summed E-state index contributed by atoms with van der Waals surface area (Å²) in [6.45, 7) is 3.54. The molecule has 1 aromatic carbocycles. The molecule has 0 bridgehead atoms. The van der Waals surface area contributed by atoms with Crippen LogP contribution in [0.4, 0.5) is 11.6 Å². The second-order valence-electron chi connectivity index (χ2n) is 5.92. The highest BCUT2D eigenvalue weighted by Crippen LogP contribution is 2.17. The lowest BCUT2D eigenvalue weighted by atomic mass is 10.3. The van der Waals surface area contributed by atoms with Gasteiger partial charge in [0.2, 0.25) is 5.95 Å². The van der Waals surface area contributed by atoms with E-state index in [0.717, 1.165) is 0 Å². The number of nitrogens with one attached hydrogen (secondary N) is 2. The Hall–Kier alpha value is -3.04. The van der Waals surface area contributed by atoms with Gasteiger partial charge in [-0.2, -0.15) is 0 Å². The van der Waals surface area contributed by atoms with Crippen molar-refractivity contribution < 1.29 is 13.2 Å². The normalized spacial score (nSPS) is 11.5. The van der Waals surface area contributed by atoms with Crippen LogP contribution in [0, 0.1) is 13.8 Å². The zero-order chi connectivity index (χ0) is 20.1. The molecule has 0 aliphatic carbocycles. The average molecular weight is 415 g/mol. The number of thiophene rings is 1. The Morgan fingerprint density at radius 1 is 1.07 bits per heavy atom. The minimum absolute atomic E-state index is 0.0368. The number of benzene rings is 1. The van der Waals surface area contributed by atoms with Crippen LogP contribution in [0.1, 0.15) is 21.1 Å². The Bertz CT molecular complexity index is 1090. The van der Waals surface area contributed by atoms with Gasteiger partial charge in [-0.3, -0.25) is 4.79 Å². The van der Waals surface area contributed by atoms with Gasteiger partial charge < -0.3 is 5.32 Å². The standard InChI is InChI=1S/C19H18N4O3S2/c1-13-12-14(2)22-19(21-13)23-28(25,26)16-7-5-15(6-8-16)20-10-9-17(24)18-4-3-11-27-18/h3-12,20H,1-2H3,(H,21,22,23)/b10-9+. The van der Waals surface area contributed by atoms with E-state index in [0.29, 0.717) is 22.0 Å². The van der Waals surface area contributed by atoms with Crippen molar-refractivity contribution in [2.75, 3.05) is 10.0 Å². The van der Waals surface area contributed by atoms with Gasteiger partial charge in [0.05, 0.1) is 9.77 Å². The number of nitrogens with zero attached hydrogens (tertiary/aromatic N) is 2. The minimum atomic E-state index is -3.80. The maximum Gasteiger partial charge on any atom is 0.264 e. The first kappa shape index (κ1) is 19.7. The van der Waals surface area contributed by atoms with Crippen LogP contribution in [-0.4, -0.2) is 24.2 Å².